The van der Waals surface area contributed by atoms with Crippen molar-refractivity contribution in [1.82, 2.24) is 4.57 Å². The molecule has 0 aliphatic carbocycles. The molecule has 0 unspecified atom stereocenters. The third-order valence-electron chi connectivity index (χ3n) is 3.62. The van der Waals surface area contributed by atoms with Crippen molar-refractivity contribution in [2.24, 2.45) is 28.7 Å². The number of aryl methyl sites for hydroxylation is 1. The summed E-state index contributed by atoms with van der Waals surface area (Å²) in [7, 11) is 2.02. The van der Waals surface area contributed by atoms with Gasteiger partial charge in [-0.1, -0.05) is 41.9 Å². The molecule has 6 heteroatoms. The molecule has 23 heavy (non-hydrogen) atoms. The van der Waals surface area contributed by atoms with Crippen LogP contribution in [0, 0.1) is 0 Å². The lowest BCUT2D eigenvalue weighted by atomic mass is 10.1. The maximum absolute atomic E-state index is 6.00. The predicted molar refractivity (Wildman–Crippen MR) is 96.8 cm³/mol. The second-order valence-corrected chi connectivity index (χ2v) is 5.55. The Kier molecular flexibility index (Phi) is 4.04. The molecular formula is C17H16ClN5. The lowest BCUT2D eigenvalue weighted by molar-refractivity contribution is 0.977. The van der Waals surface area contributed by atoms with Crippen molar-refractivity contribution in [3.8, 4) is 11.3 Å². The Labute approximate surface area is 138 Å². The summed E-state index contributed by atoms with van der Waals surface area (Å²) in [5.74, 6) is -0.0745. The van der Waals surface area contributed by atoms with Gasteiger partial charge >= 0.3 is 0 Å². The van der Waals surface area contributed by atoms with Gasteiger partial charge in [0.1, 0.15) is 0 Å². The number of hydrogen-bond acceptors (Lipinski definition) is 2. The molecule has 0 spiro atoms. The zero-order valence-corrected chi connectivity index (χ0v) is 13.3. The minimum absolute atomic E-state index is 0.0745. The standard InChI is InChI=1S/C17H16ClN5/c1-23-15-5-3-2-4-13(15)14(10-21-22-17(19)20)16(23)11-6-8-12(18)9-7-11/h2-10H,1H3,(H4,19,20,22)/b21-10-. The Bertz CT molecular complexity index is 903. The predicted octanol–water partition coefficient (Wildman–Crippen LogP) is 3.11. The van der Waals surface area contributed by atoms with Gasteiger partial charge in [-0.05, 0) is 23.8 Å². The smallest absolute Gasteiger partial charge is 0.211 e. The highest BCUT2D eigenvalue weighted by atomic mass is 35.5. The highest BCUT2D eigenvalue weighted by molar-refractivity contribution is 6.30. The molecule has 1 heterocycles. The van der Waals surface area contributed by atoms with Crippen LogP contribution in [-0.4, -0.2) is 16.7 Å². The number of benzene rings is 2. The first-order valence-corrected chi connectivity index (χ1v) is 7.41. The van der Waals surface area contributed by atoms with Crippen molar-refractivity contribution >= 4 is 34.7 Å². The number of aromatic nitrogens is 1. The SMILES string of the molecule is Cn1c(-c2ccc(Cl)cc2)c(/C=N\N=C(N)N)c2ccccc21. The number of fused-ring (bicyclic) bond motifs is 1. The Morgan fingerprint density at radius 2 is 1.78 bits per heavy atom. The van der Waals surface area contributed by atoms with E-state index in [-0.39, 0.29) is 5.96 Å². The average Bonchev–Trinajstić information content (AvgIpc) is 2.81. The fraction of sp³-hybridized carbons (Fsp3) is 0.0588. The van der Waals surface area contributed by atoms with E-state index in [2.05, 4.69) is 20.8 Å². The summed E-state index contributed by atoms with van der Waals surface area (Å²) in [4.78, 5) is 0. The van der Waals surface area contributed by atoms with E-state index < -0.39 is 0 Å². The van der Waals surface area contributed by atoms with Crippen LogP contribution in [0.4, 0.5) is 0 Å². The minimum Gasteiger partial charge on any atom is -0.369 e. The van der Waals surface area contributed by atoms with Crippen LogP contribution >= 0.6 is 11.6 Å². The molecule has 3 aromatic rings. The zero-order valence-electron chi connectivity index (χ0n) is 12.6. The van der Waals surface area contributed by atoms with Crippen molar-refractivity contribution in [3.63, 3.8) is 0 Å². The van der Waals surface area contributed by atoms with Gasteiger partial charge in [-0.2, -0.15) is 5.10 Å². The molecule has 0 saturated carbocycles. The number of hydrogen-bond donors (Lipinski definition) is 2. The van der Waals surface area contributed by atoms with Crippen molar-refractivity contribution in [2.75, 3.05) is 0 Å². The van der Waals surface area contributed by atoms with Gasteiger partial charge in [0, 0.05) is 28.5 Å². The fourth-order valence-electron chi connectivity index (χ4n) is 2.66. The van der Waals surface area contributed by atoms with Crippen LogP contribution in [0.2, 0.25) is 5.02 Å². The van der Waals surface area contributed by atoms with E-state index in [1.54, 1.807) is 6.21 Å². The second kappa shape index (κ2) is 6.14. The Balaban J connectivity index is 2.26. The maximum Gasteiger partial charge on any atom is 0.211 e. The molecular weight excluding hydrogens is 310 g/mol. The minimum atomic E-state index is -0.0745. The van der Waals surface area contributed by atoms with Crippen LogP contribution in [0.1, 0.15) is 5.56 Å². The van der Waals surface area contributed by atoms with Crippen molar-refractivity contribution in [2.45, 2.75) is 0 Å². The first kappa shape index (κ1) is 15.1. The summed E-state index contributed by atoms with van der Waals surface area (Å²) < 4.78 is 2.12. The van der Waals surface area contributed by atoms with Gasteiger partial charge in [0.05, 0.1) is 11.9 Å². The number of nitrogens with zero attached hydrogens (tertiary/aromatic N) is 3. The Morgan fingerprint density at radius 3 is 2.48 bits per heavy atom. The van der Waals surface area contributed by atoms with E-state index >= 15 is 0 Å². The number of halogens is 1. The summed E-state index contributed by atoms with van der Waals surface area (Å²) in [6.07, 6.45) is 1.67. The molecule has 0 saturated heterocycles. The molecule has 0 amide bonds. The van der Waals surface area contributed by atoms with Gasteiger partial charge in [0.15, 0.2) is 0 Å². The van der Waals surface area contributed by atoms with Crippen LogP contribution in [0.5, 0.6) is 0 Å². The van der Waals surface area contributed by atoms with Gasteiger partial charge in [-0.15, -0.1) is 5.10 Å². The number of rotatable bonds is 3. The molecule has 0 bridgehead atoms. The fourth-order valence-corrected chi connectivity index (χ4v) is 2.79. The quantitative estimate of drug-likeness (QED) is 0.440. The molecule has 0 aliphatic rings. The van der Waals surface area contributed by atoms with Crippen LogP contribution in [0.3, 0.4) is 0 Å². The largest absolute Gasteiger partial charge is 0.369 e. The van der Waals surface area contributed by atoms with Crippen LogP contribution in [-0.2, 0) is 7.05 Å². The van der Waals surface area contributed by atoms with Crippen molar-refractivity contribution in [3.05, 3.63) is 59.1 Å². The molecule has 116 valence electrons. The summed E-state index contributed by atoms with van der Waals surface area (Å²) in [6, 6.07) is 15.8. The Morgan fingerprint density at radius 1 is 1.09 bits per heavy atom. The summed E-state index contributed by atoms with van der Waals surface area (Å²) in [6.45, 7) is 0. The number of guanidine groups is 1. The molecule has 0 atom stereocenters. The first-order valence-electron chi connectivity index (χ1n) is 7.03. The molecule has 3 rings (SSSR count). The molecule has 0 aliphatic heterocycles. The topological polar surface area (TPSA) is 81.7 Å². The van der Waals surface area contributed by atoms with E-state index in [1.807, 2.05) is 49.5 Å². The number of para-hydroxylation sites is 1. The lowest BCUT2D eigenvalue weighted by Gasteiger charge is -2.06. The molecule has 4 N–H and O–H groups in total. The molecule has 0 fully saturated rings. The molecule has 1 aromatic heterocycles. The number of nitrogens with two attached hydrogens (primary N) is 2. The van der Waals surface area contributed by atoms with E-state index in [4.69, 9.17) is 23.1 Å². The summed E-state index contributed by atoms with van der Waals surface area (Å²) in [5, 5.41) is 9.45. The van der Waals surface area contributed by atoms with E-state index in [0.29, 0.717) is 5.02 Å². The van der Waals surface area contributed by atoms with Gasteiger partial charge in [-0.3, -0.25) is 0 Å². The third-order valence-corrected chi connectivity index (χ3v) is 3.88. The van der Waals surface area contributed by atoms with Gasteiger partial charge < -0.3 is 16.0 Å². The van der Waals surface area contributed by atoms with E-state index in [9.17, 15) is 0 Å². The third kappa shape index (κ3) is 2.91. The molecule has 2 aromatic carbocycles. The normalized spacial score (nSPS) is 11.2. The molecule has 5 nitrogen and oxygen atoms in total. The first-order chi connectivity index (χ1) is 11.1. The molecule has 0 radical (unpaired) electrons. The average molecular weight is 326 g/mol. The monoisotopic (exact) mass is 325 g/mol. The van der Waals surface area contributed by atoms with Gasteiger partial charge in [0.2, 0.25) is 5.96 Å². The zero-order chi connectivity index (χ0) is 16.4. The summed E-state index contributed by atoms with van der Waals surface area (Å²) >= 11 is 6.00. The van der Waals surface area contributed by atoms with Crippen LogP contribution in [0.25, 0.3) is 22.2 Å². The van der Waals surface area contributed by atoms with Crippen LogP contribution in [0.15, 0.2) is 58.7 Å². The van der Waals surface area contributed by atoms with Gasteiger partial charge in [0.25, 0.3) is 0 Å². The Hall–Kier alpha value is -2.79. The second-order valence-electron chi connectivity index (χ2n) is 5.11. The lowest BCUT2D eigenvalue weighted by Crippen LogP contribution is -2.21. The maximum atomic E-state index is 6.00. The van der Waals surface area contributed by atoms with Crippen LogP contribution < -0.4 is 11.5 Å². The highest BCUT2D eigenvalue weighted by Gasteiger charge is 2.15. The van der Waals surface area contributed by atoms with E-state index in [0.717, 1.165) is 27.7 Å². The van der Waals surface area contributed by atoms with E-state index in [1.165, 1.54) is 0 Å². The highest BCUT2D eigenvalue weighted by Crippen LogP contribution is 2.32. The van der Waals surface area contributed by atoms with Crippen molar-refractivity contribution < 1.29 is 0 Å². The van der Waals surface area contributed by atoms with Crippen molar-refractivity contribution in [1.29, 1.82) is 0 Å². The summed E-state index contributed by atoms with van der Waals surface area (Å²) in [5.41, 5.74) is 14.8. The van der Waals surface area contributed by atoms with Gasteiger partial charge in [-0.25, -0.2) is 0 Å².